The minimum Gasteiger partial charge on any atom is -0.442 e. The van der Waals surface area contributed by atoms with Crippen molar-refractivity contribution < 1.29 is 9.53 Å². The van der Waals surface area contributed by atoms with E-state index in [1.165, 1.54) is 12.8 Å². The van der Waals surface area contributed by atoms with Gasteiger partial charge in [0.05, 0.1) is 0 Å². The summed E-state index contributed by atoms with van der Waals surface area (Å²) in [5.74, 6) is 2.18. The zero-order valence-corrected chi connectivity index (χ0v) is 12.9. The van der Waals surface area contributed by atoms with Crippen LogP contribution in [-0.2, 0) is 4.74 Å². The number of ether oxygens (including phenoxy) is 1. The molecule has 2 aliphatic rings. The molecule has 1 saturated carbocycles. The van der Waals surface area contributed by atoms with Crippen LogP contribution in [0.3, 0.4) is 0 Å². The zero-order chi connectivity index (χ0) is 15.0. The molecule has 0 N–H and O–H groups in total. The van der Waals surface area contributed by atoms with Crippen LogP contribution >= 0.6 is 0 Å². The highest BCUT2D eigenvalue weighted by molar-refractivity contribution is 5.71. The molecular weight excluding hydrogens is 268 g/mol. The Labute approximate surface area is 125 Å². The third-order valence-electron chi connectivity index (χ3n) is 3.50. The van der Waals surface area contributed by atoms with E-state index < -0.39 is 5.60 Å². The third-order valence-corrected chi connectivity index (χ3v) is 3.50. The fourth-order valence-electron chi connectivity index (χ4n) is 2.40. The zero-order valence-electron chi connectivity index (χ0n) is 12.9. The first-order valence-corrected chi connectivity index (χ1v) is 7.55. The Hall–Kier alpha value is -1.85. The summed E-state index contributed by atoms with van der Waals surface area (Å²) in [4.78, 5) is 21.2. The molecule has 2 heterocycles. The smallest absolute Gasteiger partial charge is 0.429 e. The number of aromatic nitrogens is 2. The van der Waals surface area contributed by atoms with E-state index in [0.717, 1.165) is 24.6 Å². The molecular formula is C15H22N4O2. The highest BCUT2D eigenvalue weighted by Gasteiger charge is 2.33. The van der Waals surface area contributed by atoms with E-state index in [1.807, 2.05) is 31.8 Å². The van der Waals surface area contributed by atoms with E-state index >= 15 is 0 Å². The Bertz CT molecular complexity index is 537. The van der Waals surface area contributed by atoms with E-state index in [1.54, 1.807) is 11.2 Å². The number of hydrogen-bond donors (Lipinski definition) is 0. The monoisotopic (exact) mass is 290 g/mol. The Morgan fingerprint density at radius 1 is 1.33 bits per heavy atom. The predicted octanol–water partition coefficient (Wildman–Crippen LogP) is 2.72. The quantitative estimate of drug-likeness (QED) is 0.838. The van der Waals surface area contributed by atoms with Crippen molar-refractivity contribution in [1.29, 1.82) is 0 Å². The number of hydrogen-bond acceptors (Lipinski definition) is 5. The van der Waals surface area contributed by atoms with Crippen molar-refractivity contribution >= 4 is 11.9 Å². The fourth-order valence-corrected chi connectivity index (χ4v) is 2.40. The molecule has 0 bridgehead atoms. The lowest BCUT2D eigenvalue weighted by atomic mass is 10.2. The second-order valence-corrected chi connectivity index (χ2v) is 6.63. The topological polar surface area (TPSA) is 58.6 Å². The summed E-state index contributed by atoms with van der Waals surface area (Å²) < 4.78 is 5.47. The minimum atomic E-state index is -0.490. The van der Waals surface area contributed by atoms with Gasteiger partial charge in [0.25, 0.3) is 0 Å². The molecule has 0 spiro atoms. The van der Waals surface area contributed by atoms with Crippen LogP contribution < -0.4 is 5.01 Å². The van der Waals surface area contributed by atoms with E-state index in [2.05, 4.69) is 9.97 Å². The normalized spacial score (nSPS) is 19.0. The molecule has 6 nitrogen and oxygen atoms in total. The van der Waals surface area contributed by atoms with Gasteiger partial charge in [-0.2, -0.15) is 0 Å². The second kappa shape index (κ2) is 5.16. The summed E-state index contributed by atoms with van der Waals surface area (Å²) in [6.07, 6.45) is 4.72. The Kier molecular flexibility index (Phi) is 3.47. The molecule has 114 valence electrons. The van der Waals surface area contributed by atoms with Gasteiger partial charge in [-0.25, -0.2) is 19.8 Å². The van der Waals surface area contributed by atoms with Gasteiger partial charge in [-0.15, -0.1) is 0 Å². The number of anilines is 1. The fraction of sp³-hybridized carbons (Fsp3) is 0.667. The van der Waals surface area contributed by atoms with Gasteiger partial charge in [0, 0.05) is 31.3 Å². The number of rotatable bonds is 2. The standard InChI is InChI=1S/C15H22N4O2/c1-15(2,3)21-14(20)19-10-4-9-18(19)12-7-8-16-13(17-12)11-5-6-11/h7-8,11H,4-6,9-10H2,1-3H3. The third kappa shape index (κ3) is 3.25. The second-order valence-electron chi connectivity index (χ2n) is 6.63. The summed E-state index contributed by atoms with van der Waals surface area (Å²) in [5.41, 5.74) is -0.490. The molecule has 0 radical (unpaired) electrons. The molecule has 3 rings (SSSR count). The van der Waals surface area contributed by atoms with Crippen molar-refractivity contribution in [2.24, 2.45) is 0 Å². The van der Waals surface area contributed by atoms with Crippen LogP contribution in [0.25, 0.3) is 0 Å². The number of nitrogens with zero attached hydrogens (tertiary/aromatic N) is 4. The predicted molar refractivity (Wildman–Crippen MR) is 78.9 cm³/mol. The van der Waals surface area contributed by atoms with E-state index in [9.17, 15) is 4.79 Å². The van der Waals surface area contributed by atoms with Crippen LogP contribution in [0.2, 0.25) is 0 Å². The average molecular weight is 290 g/mol. The van der Waals surface area contributed by atoms with E-state index in [-0.39, 0.29) is 6.09 Å². The van der Waals surface area contributed by atoms with Gasteiger partial charge in [-0.3, -0.25) is 5.01 Å². The van der Waals surface area contributed by atoms with E-state index in [4.69, 9.17) is 4.74 Å². The molecule has 1 aliphatic carbocycles. The van der Waals surface area contributed by atoms with Crippen molar-refractivity contribution in [2.75, 3.05) is 18.1 Å². The molecule has 1 aromatic heterocycles. The van der Waals surface area contributed by atoms with Crippen LogP contribution in [0.5, 0.6) is 0 Å². The highest BCUT2D eigenvalue weighted by atomic mass is 16.6. The first-order chi connectivity index (χ1) is 9.94. The van der Waals surface area contributed by atoms with Crippen LogP contribution in [0.1, 0.15) is 51.8 Å². The molecule has 0 unspecified atom stereocenters. The van der Waals surface area contributed by atoms with Gasteiger partial charge in [-0.05, 0) is 40.0 Å². The number of carbonyl (C=O) groups is 1. The van der Waals surface area contributed by atoms with Crippen molar-refractivity contribution in [3.8, 4) is 0 Å². The molecule has 1 aromatic rings. The summed E-state index contributed by atoms with van der Waals surface area (Å²) >= 11 is 0. The van der Waals surface area contributed by atoms with Crippen molar-refractivity contribution in [1.82, 2.24) is 15.0 Å². The van der Waals surface area contributed by atoms with Crippen LogP contribution in [-0.4, -0.2) is 39.8 Å². The molecule has 21 heavy (non-hydrogen) atoms. The largest absolute Gasteiger partial charge is 0.442 e. The first kappa shape index (κ1) is 14.1. The maximum Gasteiger partial charge on any atom is 0.429 e. The average Bonchev–Trinajstić information content (AvgIpc) is 3.14. The van der Waals surface area contributed by atoms with Crippen LogP contribution in [0.4, 0.5) is 10.6 Å². The highest BCUT2D eigenvalue weighted by Crippen LogP contribution is 2.38. The SMILES string of the molecule is CC(C)(C)OC(=O)N1CCCN1c1ccnc(C2CC2)n1. The minimum absolute atomic E-state index is 0.313. The Balaban J connectivity index is 1.77. The van der Waals surface area contributed by atoms with Gasteiger partial charge < -0.3 is 4.74 Å². The lowest BCUT2D eigenvalue weighted by Gasteiger charge is -2.31. The summed E-state index contributed by atoms with van der Waals surface area (Å²) in [5, 5.41) is 3.55. The van der Waals surface area contributed by atoms with E-state index in [0.29, 0.717) is 12.5 Å². The molecule has 0 atom stereocenters. The van der Waals surface area contributed by atoms with Crippen molar-refractivity contribution in [2.45, 2.75) is 51.6 Å². The maximum atomic E-state index is 12.3. The van der Waals surface area contributed by atoms with Gasteiger partial charge >= 0.3 is 6.09 Å². The maximum absolute atomic E-state index is 12.3. The van der Waals surface area contributed by atoms with Crippen molar-refractivity contribution in [3.63, 3.8) is 0 Å². The lowest BCUT2D eigenvalue weighted by molar-refractivity contribution is 0.0272. The Morgan fingerprint density at radius 2 is 2.10 bits per heavy atom. The molecule has 1 amide bonds. The molecule has 2 fully saturated rings. The van der Waals surface area contributed by atoms with Crippen LogP contribution in [0.15, 0.2) is 12.3 Å². The summed E-state index contributed by atoms with van der Waals surface area (Å²) in [7, 11) is 0. The van der Waals surface area contributed by atoms with Gasteiger partial charge in [-0.1, -0.05) is 0 Å². The number of amides is 1. The van der Waals surface area contributed by atoms with Crippen molar-refractivity contribution in [3.05, 3.63) is 18.1 Å². The number of carbonyl (C=O) groups excluding carboxylic acids is 1. The molecule has 0 aromatic carbocycles. The first-order valence-electron chi connectivity index (χ1n) is 7.55. The molecule has 1 saturated heterocycles. The molecule has 1 aliphatic heterocycles. The summed E-state index contributed by atoms with van der Waals surface area (Å²) in [6, 6.07) is 1.86. The van der Waals surface area contributed by atoms with Gasteiger partial charge in [0.2, 0.25) is 0 Å². The van der Waals surface area contributed by atoms with Crippen LogP contribution in [0, 0.1) is 0 Å². The lowest BCUT2D eigenvalue weighted by Crippen LogP contribution is -2.44. The summed E-state index contributed by atoms with van der Waals surface area (Å²) in [6.45, 7) is 7.07. The van der Waals surface area contributed by atoms with Gasteiger partial charge in [0.1, 0.15) is 11.4 Å². The molecule has 6 heteroatoms. The van der Waals surface area contributed by atoms with Gasteiger partial charge in [0.15, 0.2) is 5.82 Å². The number of hydrazine groups is 1. The Morgan fingerprint density at radius 3 is 2.76 bits per heavy atom.